The third-order valence-corrected chi connectivity index (χ3v) is 3.09. The van der Waals surface area contributed by atoms with Crippen molar-refractivity contribution in [3.8, 4) is 0 Å². The third kappa shape index (κ3) is 4.34. The molecule has 2 heteroatoms. The van der Waals surface area contributed by atoms with E-state index in [1.807, 2.05) is 36.4 Å². The number of hydrogen-bond acceptors (Lipinski definition) is 2. The van der Waals surface area contributed by atoms with Crippen molar-refractivity contribution in [1.82, 2.24) is 5.32 Å². The Morgan fingerprint density at radius 3 is 2.16 bits per heavy atom. The first kappa shape index (κ1) is 13.5. The molecule has 0 saturated heterocycles. The minimum atomic E-state index is 0.0823. The second-order valence-corrected chi connectivity index (χ2v) is 4.74. The van der Waals surface area contributed by atoms with Gasteiger partial charge in [0, 0.05) is 19.0 Å². The first-order valence-corrected chi connectivity index (χ1v) is 6.57. The van der Waals surface area contributed by atoms with Gasteiger partial charge in [-0.25, -0.2) is 0 Å². The smallest absolute Gasteiger partial charge is 0.131 e. The van der Waals surface area contributed by atoms with Crippen LogP contribution in [0.1, 0.15) is 30.5 Å². The first-order chi connectivity index (χ1) is 9.25. The van der Waals surface area contributed by atoms with E-state index < -0.39 is 0 Å². The average molecular weight is 253 g/mol. The summed E-state index contributed by atoms with van der Waals surface area (Å²) in [5, 5.41) is 3.46. The lowest BCUT2D eigenvalue weighted by Crippen LogP contribution is -2.22. The third-order valence-electron chi connectivity index (χ3n) is 3.09. The molecule has 0 aliphatic carbocycles. The van der Waals surface area contributed by atoms with E-state index in [-0.39, 0.29) is 11.8 Å². The maximum Gasteiger partial charge on any atom is 0.131 e. The molecule has 0 aliphatic heterocycles. The van der Waals surface area contributed by atoms with Crippen LogP contribution in [-0.4, -0.2) is 5.78 Å². The van der Waals surface area contributed by atoms with Crippen molar-refractivity contribution in [2.45, 2.75) is 25.9 Å². The summed E-state index contributed by atoms with van der Waals surface area (Å²) in [4.78, 5) is 11.4. The molecule has 0 saturated carbocycles. The van der Waals surface area contributed by atoms with Crippen LogP contribution in [0.15, 0.2) is 60.7 Å². The minimum absolute atomic E-state index is 0.0823. The molecule has 0 amide bonds. The standard InChI is InChI=1S/C17H19NO/c1-14(19)12-17(16-10-6-3-7-11-16)18-13-15-8-4-2-5-9-15/h2-11,17-18H,12-13H2,1H3. The molecule has 0 aromatic heterocycles. The van der Waals surface area contributed by atoms with Crippen LogP contribution < -0.4 is 5.32 Å². The summed E-state index contributed by atoms with van der Waals surface area (Å²) in [6.45, 7) is 2.41. The van der Waals surface area contributed by atoms with Crippen molar-refractivity contribution in [2.75, 3.05) is 0 Å². The van der Waals surface area contributed by atoms with E-state index in [0.717, 1.165) is 12.1 Å². The van der Waals surface area contributed by atoms with Crippen LogP contribution in [0.5, 0.6) is 0 Å². The van der Waals surface area contributed by atoms with E-state index in [1.165, 1.54) is 5.56 Å². The number of hydrogen-bond donors (Lipinski definition) is 1. The summed E-state index contributed by atoms with van der Waals surface area (Å²) >= 11 is 0. The molecule has 0 bridgehead atoms. The van der Waals surface area contributed by atoms with E-state index in [2.05, 4.69) is 29.6 Å². The van der Waals surface area contributed by atoms with Gasteiger partial charge < -0.3 is 5.32 Å². The van der Waals surface area contributed by atoms with Crippen molar-refractivity contribution in [1.29, 1.82) is 0 Å². The highest BCUT2D eigenvalue weighted by atomic mass is 16.1. The van der Waals surface area contributed by atoms with E-state index in [0.29, 0.717) is 6.42 Å². The second kappa shape index (κ2) is 6.86. The van der Waals surface area contributed by atoms with Crippen molar-refractivity contribution in [3.63, 3.8) is 0 Å². The van der Waals surface area contributed by atoms with Gasteiger partial charge in [0.15, 0.2) is 0 Å². The Kier molecular flexibility index (Phi) is 4.87. The van der Waals surface area contributed by atoms with Gasteiger partial charge in [0.05, 0.1) is 0 Å². The summed E-state index contributed by atoms with van der Waals surface area (Å²) in [5.41, 5.74) is 2.39. The molecule has 1 atom stereocenters. The zero-order valence-electron chi connectivity index (χ0n) is 11.2. The highest BCUT2D eigenvalue weighted by Crippen LogP contribution is 2.17. The number of rotatable bonds is 6. The summed E-state index contributed by atoms with van der Waals surface area (Å²) in [7, 11) is 0. The monoisotopic (exact) mass is 253 g/mol. The fourth-order valence-electron chi connectivity index (χ4n) is 2.12. The normalized spacial score (nSPS) is 12.1. The van der Waals surface area contributed by atoms with Gasteiger partial charge >= 0.3 is 0 Å². The molecule has 19 heavy (non-hydrogen) atoms. The van der Waals surface area contributed by atoms with Crippen LogP contribution in [0.4, 0.5) is 0 Å². The molecule has 0 radical (unpaired) electrons. The molecule has 2 rings (SSSR count). The molecule has 0 fully saturated rings. The van der Waals surface area contributed by atoms with Gasteiger partial charge in [-0.3, -0.25) is 4.79 Å². The Labute approximate surface area is 114 Å². The highest BCUT2D eigenvalue weighted by Gasteiger charge is 2.12. The molecule has 2 nitrogen and oxygen atoms in total. The minimum Gasteiger partial charge on any atom is -0.305 e. The maximum atomic E-state index is 11.4. The lowest BCUT2D eigenvalue weighted by molar-refractivity contribution is -0.117. The molecule has 1 unspecified atom stereocenters. The fourth-order valence-corrected chi connectivity index (χ4v) is 2.12. The van der Waals surface area contributed by atoms with Crippen LogP contribution in [-0.2, 0) is 11.3 Å². The number of ketones is 1. The predicted molar refractivity (Wildman–Crippen MR) is 77.8 cm³/mol. The zero-order chi connectivity index (χ0) is 13.5. The van der Waals surface area contributed by atoms with Crippen molar-refractivity contribution in [2.24, 2.45) is 0 Å². The molecule has 1 N–H and O–H groups in total. The lowest BCUT2D eigenvalue weighted by atomic mass is 10.0. The highest BCUT2D eigenvalue weighted by molar-refractivity contribution is 5.76. The van der Waals surface area contributed by atoms with Crippen LogP contribution in [0.2, 0.25) is 0 Å². The molecular formula is C17H19NO. The van der Waals surface area contributed by atoms with Gasteiger partial charge in [0.2, 0.25) is 0 Å². The fraction of sp³-hybridized carbons (Fsp3) is 0.235. The molecule has 2 aromatic carbocycles. The largest absolute Gasteiger partial charge is 0.305 e. The molecule has 0 aliphatic rings. The molecule has 98 valence electrons. The van der Waals surface area contributed by atoms with Crippen molar-refractivity contribution >= 4 is 5.78 Å². The Morgan fingerprint density at radius 2 is 1.58 bits per heavy atom. The number of carbonyl (C=O) groups excluding carboxylic acids is 1. The van der Waals surface area contributed by atoms with Gasteiger partial charge in [0.25, 0.3) is 0 Å². The van der Waals surface area contributed by atoms with Gasteiger partial charge in [-0.05, 0) is 18.1 Å². The summed E-state index contributed by atoms with van der Waals surface area (Å²) in [5.74, 6) is 0.203. The van der Waals surface area contributed by atoms with E-state index in [1.54, 1.807) is 6.92 Å². The lowest BCUT2D eigenvalue weighted by Gasteiger charge is -2.18. The zero-order valence-corrected chi connectivity index (χ0v) is 11.2. The van der Waals surface area contributed by atoms with E-state index >= 15 is 0 Å². The summed E-state index contributed by atoms with van der Waals surface area (Å²) in [6.07, 6.45) is 0.525. The predicted octanol–water partition coefficient (Wildman–Crippen LogP) is 3.50. The number of nitrogens with one attached hydrogen (secondary N) is 1. The second-order valence-electron chi connectivity index (χ2n) is 4.74. The Balaban J connectivity index is 2.04. The molecule has 0 heterocycles. The number of carbonyl (C=O) groups is 1. The summed E-state index contributed by atoms with van der Waals surface area (Å²) < 4.78 is 0. The SMILES string of the molecule is CC(=O)CC(NCc1ccccc1)c1ccccc1. The van der Waals surface area contributed by atoms with Gasteiger partial charge in [-0.15, -0.1) is 0 Å². The Hall–Kier alpha value is -1.93. The maximum absolute atomic E-state index is 11.4. The van der Waals surface area contributed by atoms with Crippen molar-refractivity contribution in [3.05, 3.63) is 71.8 Å². The van der Waals surface area contributed by atoms with Gasteiger partial charge in [-0.2, -0.15) is 0 Å². The van der Waals surface area contributed by atoms with E-state index in [4.69, 9.17) is 0 Å². The van der Waals surface area contributed by atoms with Crippen LogP contribution in [0.25, 0.3) is 0 Å². The first-order valence-electron chi connectivity index (χ1n) is 6.57. The van der Waals surface area contributed by atoms with Gasteiger partial charge in [-0.1, -0.05) is 60.7 Å². The summed E-state index contributed by atoms with van der Waals surface area (Å²) in [6, 6.07) is 20.4. The average Bonchev–Trinajstić information content (AvgIpc) is 2.45. The Bertz CT molecular complexity index is 507. The van der Waals surface area contributed by atoms with Crippen LogP contribution >= 0.6 is 0 Å². The molecule has 0 spiro atoms. The number of Topliss-reactive ketones (excluding diaryl/α,β-unsaturated/α-hetero) is 1. The van der Waals surface area contributed by atoms with Crippen LogP contribution in [0.3, 0.4) is 0 Å². The molecular weight excluding hydrogens is 234 g/mol. The van der Waals surface area contributed by atoms with Crippen molar-refractivity contribution < 1.29 is 4.79 Å². The van der Waals surface area contributed by atoms with E-state index in [9.17, 15) is 4.79 Å². The number of benzene rings is 2. The quantitative estimate of drug-likeness (QED) is 0.853. The Morgan fingerprint density at radius 1 is 1.00 bits per heavy atom. The molecule has 2 aromatic rings. The topological polar surface area (TPSA) is 29.1 Å². The van der Waals surface area contributed by atoms with Gasteiger partial charge in [0.1, 0.15) is 5.78 Å². The van der Waals surface area contributed by atoms with Crippen LogP contribution in [0, 0.1) is 0 Å².